The Balaban J connectivity index is 2.16. The van der Waals surface area contributed by atoms with E-state index in [1.165, 1.54) is 10.8 Å². The van der Waals surface area contributed by atoms with Gasteiger partial charge in [-0.05, 0) is 19.0 Å². The van der Waals surface area contributed by atoms with Gasteiger partial charge in [-0.3, -0.25) is 0 Å². The minimum Gasteiger partial charge on any atom is -0.310 e. The molecule has 4 heteroatoms. The summed E-state index contributed by atoms with van der Waals surface area (Å²) < 4.78 is 1.19. The van der Waals surface area contributed by atoms with Crippen LogP contribution in [0.2, 0.25) is 0 Å². The second-order valence-corrected chi connectivity index (χ2v) is 3.46. The molecule has 1 aromatic heterocycles. The second kappa shape index (κ2) is 6.30. The predicted molar refractivity (Wildman–Crippen MR) is 57.2 cm³/mol. The van der Waals surface area contributed by atoms with E-state index in [9.17, 15) is 0 Å². The molecule has 0 atom stereocenters. The molecule has 0 aromatic carbocycles. The van der Waals surface area contributed by atoms with Crippen LogP contribution in [0.25, 0.3) is 0 Å². The normalized spacial score (nSPS) is 10.1. The lowest BCUT2D eigenvalue weighted by Crippen LogP contribution is -2.16. The Hall–Kier alpha value is -0.230. The highest BCUT2D eigenvalue weighted by Gasteiger charge is 1.91. The van der Waals surface area contributed by atoms with E-state index >= 15 is 0 Å². The number of aromatic nitrogens is 2. The number of rotatable bonds is 5. The number of nitrogens with zero attached hydrogens (tertiary/aromatic N) is 2. The summed E-state index contributed by atoms with van der Waals surface area (Å²) in [5.41, 5.74) is 0. The van der Waals surface area contributed by atoms with Crippen LogP contribution in [0.15, 0.2) is 18.5 Å². The molecule has 3 nitrogen and oxygen atoms in total. The van der Waals surface area contributed by atoms with Crippen LogP contribution >= 0.6 is 22.6 Å². The smallest absolute Gasteiger partial charge is 0.141 e. The van der Waals surface area contributed by atoms with Crippen LogP contribution in [0.4, 0.5) is 0 Å². The highest BCUT2D eigenvalue weighted by atomic mass is 127. The predicted octanol–water partition coefficient (Wildman–Crippen LogP) is 1.39. The van der Waals surface area contributed by atoms with Crippen LogP contribution in [0, 0.1) is 0 Å². The van der Waals surface area contributed by atoms with Crippen molar-refractivity contribution in [3.05, 3.63) is 24.3 Å². The molecule has 1 rings (SSSR count). The van der Waals surface area contributed by atoms with Gasteiger partial charge in [0.1, 0.15) is 5.82 Å². The van der Waals surface area contributed by atoms with Crippen LogP contribution in [0.5, 0.6) is 0 Å². The van der Waals surface area contributed by atoms with Gasteiger partial charge in [0, 0.05) is 16.8 Å². The average Bonchev–Trinajstić information content (AvgIpc) is 2.14. The van der Waals surface area contributed by atoms with E-state index in [0.29, 0.717) is 0 Å². The Morgan fingerprint density at radius 3 is 2.75 bits per heavy atom. The zero-order valence-corrected chi connectivity index (χ0v) is 8.99. The van der Waals surface area contributed by atoms with E-state index < -0.39 is 0 Å². The zero-order chi connectivity index (χ0) is 8.65. The molecule has 12 heavy (non-hydrogen) atoms. The van der Waals surface area contributed by atoms with Crippen molar-refractivity contribution in [3.8, 4) is 0 Å². The van der Waals surface area contributed by atoms with Crippen molar-refractivity contribution in [2.75, 3.05) is 11.0 Å². The van der Waals surface area contributed by atoms with Crippen LogP contribution in [-0.2, 0) is 6.54 Å². The molecule has 0 unspecified atom stereocenters. The Morgan fingerprint density at radius 1 is 1.33 bits per heavy atom. The second-order valence-electron chi connectivity index (χ2n) is 2.38. The highest BCUT2D eigenvalue weighted by Crippen LogP contribution is 1.88. The largest absolute Gasteiger partial charge is 0.310 e. The van der Waals surface area contributed by atoms with E-state index in [1.807, 2.05) is 6.07 Å². The van der Waals surface area contributed by atoms with Gasteiger partial charge in [-0.15, -0.1) is 0 Å². The molecule has 1 aromatic rings. The van der Waals surface area contributed by atoms with Crippen LogP contribution in [0.3, 0.4) is 0 Å². The number of halogens is 1. The fraction of sp³-hybridized carbons (Fsp3) is 0.500. The van der Waals surface area contributed by atoms with Gasteiger partial charge >= 0.3 is 0 Å². The summed E-state index contributed by atoms with van der Waals surface area (Å²) in [7, 11) is 0. The Bertz CT molecular complexity index is 203. The van der Waals surface area contributed by atoms with Crippen molar-refractivity contribution in [3.63, 3.8) is 0 Å². The molecule has 0 aliphatic carbocycles. The first-order valence-electron chi connectivity index (χ1n) is 3.96. The standard InChI is InChI=1S/C8H12IN3/c9-3-1-4-10-7-8-11-5-2-6-12-8/h2,5-6,10H,1,3-4,7H2. The first kappa shape index (κ1) is 9.85. The van der Waals surface area contributed by atoms with E-state index in [-0.39, 0.29) is 0 Å². The maximum absolute atomic E-state index is 4.10. The van der Waals surface area contributed by atoms with Crippen LogP contribution < -0.4 is 5.32 Å². The Labute approximate surface area is 86.1 Å². The van der Waals surface area contributed by atoms with Gasteiger partial charge in [0.05, 0.1) is 6.54 Å². The lowest BCUT2D eigenvalue weighted by atomic mass is 10.4. The summed E-state index contributed by atoms with van der Waals surface area (Å²) in [6, 6.07) is 1.83. The number of alkyl halides is 1. The molecule has 0 aliphatic heterocycles. The minimum absolute atomic E-state index is 0.775. The van der Waals surface area contributed by atoms with Gasteiger partial charge in [-0.2, -0.15) is 0 Å². The molecule has 0 radical (unpaired) electrons. The minimum atomic E-state index is 0.775. The lowest BCUT2D eigenvalue weighted by Gasteiger charge is -2.00. The summed E-state index contributed by atoms with van der Waals surface area (Å²) in [6.07, 6.45) is 4.73. The Morgan fingerprint density at radius 2 is 2.08 bits per heavy atom. The first-order valence-corrected chi connectivity index (χ1v) is 5.48. The molecule has 1 N–H and O–H groups in total. The third-order valence-electron chi connectivity index (χ3n) is 1.39. The molecule has 0 aliphatic rings. The number of hydrogen-bond donors (Lipinski definition) is 1. The quantitative estimate of drug-likeness (QED) is 0.502. The maximum atomic E-state index is 4.10. The van der Waals surface area contributed by atoms with E-state index in [0.717, 1.165) is 18.9 Å². The fourth-order valence-corrected chi connectivity index (χ4v) is 1.19. The molecule has 0 saturated heterocycles. The summed E-state index contributed by atoms with van der Waals surface area (Å²) in [4.78, 5) is 8.20. The van der Waals surface area contributed by atoms with Gasteiger partial charge < -0.3 is 5.32 Å². The molecule has 1 heterocycles. The van der Waals surface area contributed by atoms with E-state index in [1.54, 1.807) is 12.4 Å². The number of hydrogen-bond acceptors (Lipinski definition) is 3. The third-order valence-corrected chi connectivity index (χ3v) is 2.15. The van der Waals surface area contributed by atoms with Crippen molar-refractivity contribution in [2.45, 2.75) is 13.0 Å². The lowest BCUT2D eigenvalue weighted by molar-refractivity contribution is 0.655. The van der Waals surface area contributed by atoms with Gasteiger partial charge in [-0.25, -0.2) is 9.97 Å². The zero-order valence-electron chi connectivity index (χ0n) is 6.83. The van der Waals surface area contributed by atoms with Crippen molar-refractivity contribution in [1.82, 2.24) is 15.3 Å². The Kier molecular flexibility index (Phi) is 5.18. The average molecular weight is 277 g/mol. The van der Waals surface area contributed by atoms with Crippen LogP contribution in [0.1, 0.15) is 12.2 Å². The van der Waals surface area contributed by atoms with E-state index in [2.05, 4.69) is 37.9 Å². The molecular weight excluding hydrogens is 265 g/mol. The third kappa shape index (κ3) is 3.96. The molecular formula is C8H12IN3. The number of nitrogens with one attached hydrogen (secondary N) is 1. The van der Waals surface area contributed by atoms with Gasteiger partial charge in [0.25, 0.3) is 0 Å². The van der Waals surface area contributed by atoms with Crippen molar-refractivity contribution in [2.24, 2.45) is 0 Å². The van der Waals surface area contributed by atoms with Crippen molar-refractivity contribution >= 4 is 22.6 Å². The topological polar surface area (TPSA) is 37.8 Å². The summed E-state index contributed by atoms with van der Waals surface area (Å²) in [5.74, 6) is 0.867. The maximum Gasteiger partial charge on any atom is 0.141 e. The van der Waals surface area contributed by atoms with Gasteiger partial charge in [-0.1, -0.05) is 22.6 Å². The molecule has 0 fully saturated rings. The molecule has 0 spiro atoms. The molecule has 66 valence electrons. The summed E-state index contributed by atoms with van der Waals surface area (Å²) >= 11 is 2.37. The van der Waals surface area contributed by atoms with Gasteiger partial charge in [0.2, 0.25) is 0 Å². The summed E-state index contributed by atoms with van der Waals surface area (Å²) in [5, 5.41) is 3.27. The first-order chi connectivity index (χ1) is 5.93. The highest BCUT2D eigenvalue weighted by molar-refractivity contribution is 14.1. The molecule has 0 saturated carbocycles. The van der Waals surface area contributed by atoms with Gasteiger partial charge in [0.15, 0.2) is 0 Å². The summed E-state index contributed by atoms with van der Waals surface area (Å²) in [6.45, 7) is 1.82. The monoisotopic (exact) mass is 277 g/mol. The fourth-order valence-electron chi connectivity index (χ4n) is 0.813. The SMILES string of the molecule is ICCCNCc1ncccn1. The van der Waals surface area contributed by atoms with Crippen LogP contribution in [-0.4, -0.2) is 20.9 Å². The molecule has 0 amide bonds. The van der Waals surface area contributed by atoms with Crippen molar-refractivity contribution < 1.29 is 0 Å². The molecule has 0 bridgehead atoms. The van der Waals surface area contributed by atoms with E-state index in [4.69, 9.17) is 0 Å². The van der Waals surface area contributed by atoms with Crippen molar-refractivity contribution in [1.29, 1.82) is 0 Å².